The molecule has 1 aliphatic rings. The van der Waals surface area contributed by atoms with Crippen molar-refractivity contribution in [2.24, 2.45) is 5.92 Å². The Morgan fingerprint density at radius 2 is 2.14 bits per heavy atom. The lowest BCUT2D eigenvalue weighted by molar-refractivity contribution is -0.0605. The van der Waals surface area contributed by atoms with Gasteiger partial charge in [-0.1, -0.05) is 13.8 Å². The number of nitrogens with zero attached hydrogens (tertiary/aromatic N) is 1. The summed E-state index contributed by atoms with van der Waals surface area (Å²) in [6, 6.07) is 0. The first-order valence-corrected chi connectivity index (χ1v) is 8.26. The Kier molecular flexibility index (Phi) is 5.35. The number of carbonyl (C=O) groups excluding carboxylic acids is 1. The van der Waals surface area contributed by atoms with Gasteiger partial charge in [-0.05, 0) is 12.8 Å². The second-order valence-electron chi connectivity index (χ2n) is 6.14. The average Bonchev–Trinajstić information content (AvgIpc) is 2.77. The molecule has 1 saturated heterocycles. The van der Waals surface area contributed by atoms with Gasteiger partial charge in [0, 0.05) is 39.0 Å². The number of aromatic nitrogens is 1. The van der Waals surface area contributed by atoms with Crippen LogP contribution in [-0.2, 0) is 11.2 Å². The van der Waals surface area contributed by atoms with Crippen molar-refractivity contribution < 1.29 is 14.6 Å². The Morgan fingerprint density at radius 3 is 2.76 bits per heavy atom. The minimum atomic E-state index is -0.840. The molecule has 2 N–H and O–H groups in total. The second-order valence-corrected chi connectivity index (χ2v) is 7.22. The SMILES string of the molecule is Cc1nc(CC(C)C)sc1C(=O)NCC1(O)CCOCC1. The van der Waals surface area contributed by atoms with E-state index in [4.69, 9.17) is 4.74 Å². The fraction of sp³-hybridized carbons (Fsp3) is 0.733. The van der Waals surface area contributed by atoms with E-state index in [1.165, 1.54) is 11.3 Å². The number of aryl methyl sites for hydroxylation is 1. The van der Waals surface area contributed by atoms with Crippen LogP contribution in [0.2, 0.25) is 0 Å². The van der Waals surface area contributed by atoms with Crippen LogP contribution in [-0.4, -0.2) is 41.4 Å². The van der Waals surface area contributed by atoms with Crippen molar-refractivity contribution in [3.05, 3.63) is 15.6 Å². The van der Waals surface area contributed by atoms with Crippen LogP contribution in [0.5, 0.6) is 0 Å². The van der Waals surface area contributed by atoms with Crippen LogP contribution in [0.15, 0.2) is 0 Å². The van der Waals surface area contributed by atoms with E-state index >= 15 is 0 Å². The predicted molar refractivity (Wildman–Crippen MR) is 82.7 cm³/mol. The number of amides is 1. The minimum absolute atomic E-state index is 0.139. The third-order valence-corrected chi connectivity index (χ3v) is 4.81. The summed E-state index contributed by atoms with van der Waals surface area (Å²) in [6.07, 6.45) is 2.02. The van der Waals surface area contributed by atoms with Crippen molar-refractivity contribution in [1.82, 2.24) is 10.3 Å². The molecule has 1 aromatic rings. The van der Waals surface area contributed by atoms with Crippen LogP contribution in [0, 0.1) is 12.8 Å². The van der Waals surface area contributed by atoms with Crippen LogP contribution < -0.4 is 5.32 Å². The summed E-state index contributed by atoms with van der Waals surface area (Å²) < 4.78 is 5.24. The molecule has 6 heteroatoms. The number of thiazole rings is 1. The Hall–Kier alpha value is -0.980. The lowest BCUT2D eigenvalue weighted by Crippen LogP contribution is -2.46. The van der Waals surface area contributed by atoms with Gasteiger partial charge in [0.1, 0.15) is 4.88 Å². The summed E-state index contributed by atoms with van der Waals surface area (Å²) in [5.74, 6) is 0.384. The maximum absolute atomic E-state index is 12.3. The molecule has 1 aromatic heterocycles. The van der Waals surface area contributed by atoms with Gasteiger partial charge in [-0.3, -0.25) is 4.79 Å². The van der Waals surface area contributed by atoms with Gasteiger partial charge in [-0.15, -0.1) is 11.3 Å². The normalized spacial score (nSPS) is 18.0. The lowest BCUT2D eigenvalue weighted by Gasteiger charge is -2.31. The Morgan fingerprint density at radius 1 is 1.48 bits per heavy atom. The molecule has 118 valence electrons. The molecule has 0 aliphatic carbocycles. The van der Waals surface area contributed by atoms with E-state index in [1.807, 2.05) is 6.92 Å². The van der Waals surface area contributed by atoms with E-state index < -0.39 is 5.60 Å². The Balaban J connectivity index is 1.95. The summed E-state index contributed by atoms with van der Waals surface area (Å²) in [5, 5.41) is 14.2. The Labute approximate surface area is 129 Å². The standard InChI is InChI=1S/C15H24N2O3S/c1-10(2)8-12-17-11(3)13(21-12)14(18)16-9-15(19)4-6-20-7-5-15/h10,19H,4-9H2,1-3H3,(H,16,18). The van der Waals surface area contributed by atoms with Crippen molar-refractivity contribution in [2.75, 3.05) is 19.8 Å². The van der Waals surface area contributed by atoms with E-state index in [1.54, 1.807) is 0 Å². The topological polar surface area (TPSA) is 71.5 Å². The molecule has 1 fully saturated rings. The zero-order chi connectivity index (χ0) is 15.5. The number of rotatable bonds is 5. The van der Waals surface area contributed by atoms with Crippen LogP contribution >= 0.6 is 11.3 Å². The molecule has 1 amide bonds. The molecule has 0 saturated carbocycles. The largest absolute Gasteiger partial charge is 0.388 e. The van der Waals surface area contributed by atoms with E-state index in [0.29, 0.717) is 36.9 Å². The van der Waals surface area contributed by atoms with Gasteiger partial charge in [0.2, 0.25) is 0 Å². The number of hydrogen-bond acceptors (Lipinski definition) is 5. The van der Waals surface area contributed by atoms with Crippen molar-refractivity contribution in [3.63, 3.8) is 0 Å². The predicted octanol–water partition coefficient (Wildman–Crippen LogP) is 1.92. The first kappa shape index (κ1) is 16.4. The molecule has 0 unspecified atom stereocenters. The van der Waals surface area contributed by atoms with Gasteiger partial charge in [0.15, 0.2) is 0 Å². The maximum atomic E-state index is 12.3. The molecule has 0 spiro atoms. The first-order chi connectivity index (χ1) is 9.89. The molecule has 1 aliphatic heterocycles. The lowest BCUT2D eigenvalue weighted by atomic mass is 9.94. The van der Waals surface area contributed by atoms with Gasteiger partial charge >= 0.3 is 0 Å². The summed E-state index contributed by atoms with van der Waals surface area (Å²) >= 11 is 1.45. The highest BCUT2D eigenvalue weighted by atomic mass is 32.1. The summed E-state index contributed by atoms with van der Waals surface area (Å²) in [7, 11) is 0. The molecule has 2 heterocycles. The highest BCUT2D eigenvalue weighted by Gasteiger charge is 2.30. The number of hydrogen-bond donors (Lipinski definition) is 2. The van der Waals surface area contributed by atoms with Crippen LogP contribution in [0.4, 0.5) is 0 Å². The summed E-state index contributed by atoms with van der Waals surface area (Å²) in [4.78, 5) is 17.4. The number of nitrogens with one attached hydrogen (secondary N) is 1. The maximum Gasteiger partial charge on any atom is 0.263 e. The zero-order valence-corrected chi connectivity index (χ0v) is 13.8. The molecule has 0 radical (unpaired) electrons. The van der Waals surface area contributed by atoms with E-state index in [-0.39, 0.29) is 12.5 Å². The minimum Gasteiger partial charge on any atom is -0.388 e. The molecule has 0 atom stereocenters. The molecule has 0 bridgehead atoms. The van der Waals surface area contributed by atoms with Crippen molar-refractivity contribution in [1.29, 1.82) is 0 Å². The van der Waals surface area contributed by atoms with Crippen LogP contribution in [0.1, 0.15) is 47.1 Å². The van der Waals surface area contributed by atoms with Crippen LogP contribution in [0.3, 0.4) is 0 Å². The average molecular weight is 312 g/mol. The Bertz CT molecular complexity index is 493. The van der Waals surface area contributed by atoms with E-state index in [9.17, 15) is 9.90 Å². The summed E-state index contributed by atoms with van der Waals surface area (Å²) in [6.45, 7) is 7.49. The van der Waals surface area contributed by atoms with Gasteiger partial charge in [0.05, 0.1) is 16.3 Å². The molecule has 21 heavy (non-hydrogen) atoms. The summed E-state index contributed by atoms with van der Waals surface area (Å²) in [5.41, 5.74) is -0.0695. The molecule has 0 aromatic carbocycles. The molecule has 2 rings (SSSR count). The van der Waals surface area contributed by atoms with Gasteiger partial charge < -0.3 is 15.2 Å². The number of carbonyl (C=O) groups is 1. The van der Waals surface area contributed by atoms with Gasteiger partial charge in [-0.25, -0.2) is 4.98 Å². The third kappa shape index (κ3) is 4.49. The molecular formula is C15H24N2O3S. The monoisotopic (exact) mass is 312 g/mol. The first-order valence-electron chi connectivity index (χ1n) is 7.44. The highest BCUT2D eigenvalue weighted by molar-refractivity contribution is 7.13. The third-order valence-electron chi connectivity index (χ3n) is 3.63. The van der Waals surface area contributed by atoms with Crippen molar-refractivity contribution >= 4 is 17.2 Å². The fourth-order valence-electron chi connectivity index (χ4n) is 2.35. The quantitative estimate of drug-likeness (QED) is 0.871. The van der Waals surface area contributed by atoms with Crippen molar-refractivity contribution in [3.8, 4) is 0 Å². The van der Waals surface area contributed by atoms with E-state index in [0.717, 1.165) is 17.1 Å². The van der Waals surface area contributed by atoms with E-state index in [2.05, 4.69) is 24.1 Å². The zero-order valence-electron chi connectivity index (χ0n) is 12.9. The fourth-order valence-corrected chi connectivity index (χ4v) is 3.55. The van der Waals surface area contributed by atoms with Gasteiger partial charge in [-0.2, -0.15) is 0 Å². The van der Waals surface area contributed by atoms with Gasteiger partial charge in [0.25, 0.3) is 5.91 Å². The molecule has 5 nitrogen and oxygen atoms in total. The molecular weight excluding hydrogens is 288 g/mol. The number of ether oxygens (including phenoxy) is 1. The second kappa shape index (κ2) is 6.85. The van der Waals surface area contributed by atoms with Crippen molar-refractivity contribution in [2.45, 2.75) is 45.6 Å². The number of aliphatic hydroxyl groups is 1. The smallest absolute Gasteiger partial charge is 0.263 e. The highest BCUT2D eigenvalue weighted by Crippen LogP contribution is 2.22. The van der Waals surface area contributed by atoms with Crippen LogP contribution in [0.25, 0.3) is 0 Å².